The maximum Gasteiger partial charge on any atom is 0.317 e. The molecule has 88 valence electrons. The molecule has 15 heavy (non-hydrogen) atoms. The van der Waals surface area contributed by atoms with Gasteiger partial charge in [0.1, 0.15) is 19.6 Å². The molecule has 0 aliphatic carbocycles. The van der Waals surface area contributed by atoms with Crippen molar-refractivity contribution in [3.05, 3.63) is 0 Å². The fourth-order valence-corrected chi connectivity index (χ4v) is 0.814. The van der Waals surface area contributed by atoms with E-state index in [9.17, 15) is 9.59 Å². The molecule has 0 aromatic carbocycles. The number of likely N-dealkylation sites (N-methyl/N-ethyl adjacent to an activating group) is 1. The standard InChI is InChI=1S/C10H20NO4/c1-5-14-9(12)8-10(13)15-7-6-11(2,3)4/h5-8H2,1-4H3/q+1. The fraction of sp³-hybridized carbons (Fsp3) is 0.800. The van der Waals surface area contributed by atoms with Gasteiger partial charge in [0.2, 0.25) is 0 Å². The van der Waals surface area contributed by atoms with Gasteiger partial charge in [-0.05, 0) is 6.92 Å². The third-order valence-electron chi connectivity index (χ3n) is 1.62. The van der Waals surface area contributed by atoms with Gasteiger partial charge in [-0.25, -0.2) is 0 Å². The van der Waals surface area contributed by atoms with Gasteiger partial charge in [-0.15, -0.1) is 0 Å². The van der Waals surface area contributed by atoms with Crippen LogP contribution in [0.15, 0.2) is 0 Å². The van der Waals surface area contributed by atoms with E-state index in [-0.39, 0.29) is 13.0 Å². The van der Waals surface area contributed by atoms with Gasteiger partial charge >= 0.3 is 11.9 Å². The Morgan fingerprint density at radius 1 is 1.07 bits per heavy atom. The van der Waals surface area contributed by atoms with E-state index in [0.29, 0.717) is 17.6 Å². The molecule has 0 spiro atoms. The summed E-state index contributed by atoms with van der Waals surface area (Å²) in [4.78, 5) is 22.0. The second-order valence-corrected chi connectivity index (χ2v) is 4.22. The maximum atomic E-state index is 11.1. The van der Waals surface area contributed by atoms with Crippen molar-refractivity contribution in [1.29, 1.82) is 0 Å². The van der Waals surface area contributed by atoms with E-state index < -0.39 is 11.9 Å². The highest BCUT2D eigenvalue weighted by Gasteiger charge is 2.13. The van der Waals surface area contributed by atoms with Crippen LogP contribution in [-0.2, 0) is 19.1 Å². The molecular formula is C10H20NO4+. The molecule has 0 rings (SSSR count). The van der Waals surface area contributed by atoms with Crippen molar-refractivity contribution in [3.63, 3.8) is 0 Å². The molecule has 0 atom stereocenters. The summed E-state index contributed by atoms with van der Waals surface area (Å²) < 4.78 is 10.2. The zero-order valence-electron chi connectivity index (χ0n) is 9.91. The summed E-state index contributed by atoms with van der Waals surface area (Å²) in [5.74, 6) is -1.06. The Kier molecular flexibility index (Phi) is 5.93. The van der Waals surface area contributed by atoms with Gasteiger partial charge in [-0.1, -0.05) is 0 Å². The molecule has 0 amide bonds. The highest BCUT2D eigenvalue weighted by Crippen LogP contribution is 1.94. The quantitative estimate of drug-likeness (QED) is 0.363. The van der Waals surface area contributed by atoms with Gasteiger partial charge in [0, 0.05) is 0 Å². The Morgan fingerprint density at radius 2 is 1.60 bits per heavy atom. The Morgan fingerprint density at radius 3 is 2.07 bits per heavy atom. The minimum absolute atomic E-state index is 0.283. The lowest BCUT2D eigenvalue weighted by Crippen LogP contribution is -2.38. The fourth-order valence-electron chi connectivity index (χ4n) is 0.814. The molecule has 5 nitrogen and oxygen atoms in total. The second kappa shape index (κ2) is 6.40. The summed E-state index contributed by atoms with van der Waals surface area (Å²) in [5, 5.41) is 0. The summed E-state index contributed by atoms with van der Waals surface area (Å²) in [5.41, 5.74) is 0. The van der Waals surface area contributed by atoms with Crippen molar-refractivity contribution < 1.29 is 23.5 Å². The lowest BCUT2D eigenvalue weighted by Gasteiger charge is -2.23. The third-order valence-corrected chi connectivity index (χ3v) is 1.62. The molecule has 0 saturated heterocycles. The zero-order valence-corrected chi connectivity index (χ0v) is 9.91. The number of nitrogens with zero attached hydrogens (tertiary/aromatic N) is 1. The first kappa shape index (κ1) is 13.9. The van der Waals surface area contributed by atoms with Crippen LogP contribution in [-0.4, -0.2) is 57.3 Å². The summed E-state index contributed by atoms with van der Waals surface area (Å²) in [6.07, 6.45) is -0.301. The van der Waals surface area contributed by atoms with Crippen LogP contribution in [0.3, 0.4) is 0 Å². The molecule has 0 bridgehead atoms. The Bertz CT molecular complexity index is 220. The van der Waals surface area contributed by atoms with Crippen LogP contribution in [0, 0.1) is 0 Å². The molecule has 0 saturated carbocycles. The Balaban J connectivity index is 3.62. The van der Waals surface area contributed by atoms with Crippen LogP contribution in [0.1, 0.15) is 13.3 Å². The minimum atomic E-state index is -0.534. The summed E-state index contributed by atoms with van der Waals surface area (Å²) >= 11 is 0. The Labute approximate surface area is 90.5 Å². The molecule has 0 aromatic rings. The average Bonchev–Trinajstić information content (AvgIpc) is 2.01. The largest absolute Gasteiger partial charge is 0.466 e. The molecule has 0 fully saturated rings. The van der Waals surface area contributed by atoms with Crippen LogP contribution in [0.2, 0.25) is 0 Å². The maximum absolute atomic E-state index is 11.1. The van der Waals surface area contributed by atoms with Gasteiger partial charge < -0.3 is 14.0 Å². The molecule has 0 heterocycles. The molecule has 0 radical (unpaired) electrons. The Hall–Kier alpha value is -1.10. The molecule has 0 aliphatic rings. The highest BCUT2D eigenvalue weighted by molar-refractivity contribution is 5.91. The summed E-state index contributed by atoms with van der Waals surface area (Å²) in [6, 6.07) is 0. The van der Waals surface area contributed by atoms with E-state index in [0.717, 1.165) is 0 Å². The van der Waals surface area contributed by atoms with E-state index in [1.165, 1.54) is 0 Å². The number of rotatable bonds is 6. The van der Waals surface area contributed by atoms with Gasteiger partial charge in [0.15, 0.2) is 0 Å². The van der Waals surface area contributed by atoms with Gasteiger partial charge in [-0.3, -0.25) is 9.59 Å². The predicted molar refractivity (Wildman–Crippen MR) is 55.1 cm³/mol. The number of carbonyl (C=O) groups is 2. The first-order chi connectivity index (χ1) is 6.85. The summed E-state index contributed by atoms with van der Waals surface area (Å²) in [6.45, 7) is 3.02. The molecule has 0 aromatic heterocycles. The minimum Gasteiger partial charge on any atom is -0.466 e. The van der Waals surface area contributed by atoms with Crippen LogP contribution < -0.4 is 0 Å². The van der Waals surface area contributed by atoms with Crippen molar-refractivity contribution in [2.24, 2.45) is 0 Å². The van der Waals surface area contributed by atoms with Gasteiger partial charge in [0.25, 0.3) is 0 Å². The van der Waals surface area contributed by atoms with Crippen molar-refractivity contribution >= 4 is 11.9 Å². The molecule has 0 aliphatic heterocycles. The average molecular weight is 218 g/mol. The number of quaternary nitrogens is 1. The lowest BCUT2D eigenvalue weighted by atomic mass is 10.4. The number of hydrogen-bond donors (Lipinski definition) is 0. The highest BCUT2D eigenvalue weighted by atomic mass is 16.6. The van der Waals surface area contributed by atoms with E-state index in [4.69, 9.17) is 4.74 Å². The molecule has 0 N–H and O–H groups in total. The van der Waals surface area contributed by atoms with Crippen LogP contribution in [0.4, 0.5) is 0 Å². The lowest BCUT2D eigenvalue weighted by molar-refractivity contribution is -0.870. The van der Waals surface area contributed by atoms with Crippen molar-refractivity contribution in [3.8, 4) is 0 Å². The van der Waals surface area contributed by atoms with Crippen LogP contribution in [0.5, 0.6) is 0 Å². The number of hydrogen-bond acceptors (Lipinski definition) is 4. The zero-order chi connectivity index (χ0) is 11.9. The second-order valence-electron chi connectivity index (χ2n) is 4.22. The van der Waals surface area contributed by atoms with E-state index in [1.807, 2.05) is 21.1 Å². The first-order valence-corrected chi connectivity index (χ1v) is 4.97. The van der Waals surface area contributed by atoms with E-state index >= 15 is 0 Å². The molecule has 0 unspecified atom stereocenters. The smallest absolute Gasteiger partial charge is 0.317 e. The van der Waals surface area contributed by atoms with Crippen molar-refractivity contribution in [2.75, 3.05) is 40.9 Å². The van der Waals surface area contributed by atoms with E-state index in [2.05, 4.69) is 4.74 Å². The number of carbonyl (C=O) groups excluding carboxylic acids is 2. The van der Waals surface area contributed by atoms with Crippen molar-refractivity contribution in [2.45, 2.75) is 13.3 Å². The summed E-state index contributed by atoms with van der Waals surface area (Å²) in [7, 11) is 6.00. The number of esters is 2. The monoisotopic (exact) mass is 218 g/mol. The molecular weight excluding hydrogens is 198 g/mol. The topological polar surface area (TPSA) is 52.6 Å². The molecule has 5 heteroatoms. The number of ether oxygens (including phenoxy) is 2. The van der Waals surface area contributed by atoms with Crippen molar-refractivity contribution in [1.82, 2.24) is 0 Å². The van der Waals surface area contributed by atoms with Gasteiger partial charge in [0.05, 0.1) is 27.7 Å². The first-order valence-electron chi connectivity index (χ1n) is 4.97. The normalized spacial score (nSPS) is 10.9. The van der Waals surface area contributed by atoms with Gasteiger partial charge in [-0.2, -0.15) is 0 Å². The van der Waals surface area contributed by atoms with E-state index in [1.54, 1.807) is 6.92 Å². The van der Waals surface area contributed by atoms with Crippen LogP contribution >= 0.6 is 0 Å². The predicted octanol–water partition coefficient (Wildman–Crippen LogP) is 0.189. The SMILES string of the molecule is CCOC(=O)CC(=O)OCC[N+](C)(C)C. The van der Waals surface area contributed by atoms with Crippen LogP contribution in [0.25, 0.3) is 0 Å². The third kappa shape index (κ3) is 9.21.